The molecule has 9 rings (SSSR count). The van der Waals surface area contributed by atoms with E-state index in [2.05, 4.69) is 52.8 Å². The van der Waals surface area contributed by atoms with Gasteiger partial charge in [0.1, 0.15) is 96.7 Å². The molecule has 0 radical (unpaired) electrons. The number of hydrogen-bond acceptors (Lipinski definition) is 20. The van der Waals surface area contributed by atoms with Crippen LogP contribution in [0.1, 0.15) is 126 Å². The molecule has 13 atom stereocenters. The predicted octanol–water partition coefficient (Wildman–Crippen LogP) is 1.94. The molecule has 35 nitrogen and oxygen atoms in total. The third-order valence-electron chi connectivity index (χ3n) is 23.6. The highest BCUT2D eigenvalue weighted by molar-refractivity contribution is 8.00. The maximum atomic E-state index is 15.7. The predicted molar refractivity (Wildman–Crippen MR) is 483 cm³/mol. The Bertz CT molecular complexity index is 4970. The molecule has 3 saturated heterocycles. The van der Waals surface area contributed by atoms with Gasteiger partial charge in [0, 0.05) is 89.2 Å². The molecule has 3 aliphatic heterocycles. The molecular weight excluding hydrogens is 1690 g/mol. The fraction of sp³-hybridized carbons (Fsp3) is 0.484. The van der Waals surface area contributed by atoms with Crippen LogP contribution >= 0.6 is 11.8 Å². The minimum Gasteiger partial charge on any atom is -0.508 e. The van der Waals surface area contributed by atoms with Crippen molar-refractivity contribution in [2.24, 2.45) is 23.3 Å². The van der Waals surface area contributed by atoms with Crippen molar-refractivity contribution in [2.45, 2.75) is 210 Å². The van der Waals surface area contributed by atoms with E-state index in [9.17, 15) is 38.3 Å². The van der Waals surface area contributed by atoms with Gasteiger partial charge in [-0.15, -0.1) is 11.8 Å². The number of rotatable bonds is 24. The number of carbonyl (C=O) groups is 16. The Kier molecular flexibility index (Phi) is 37.7. The van der Waals surface area contributed by atoms with E-state index in [1.165, 1.54) is 72.2 Å². The van der Waals surface area contributed by atoms with Gasteiger partial charge in [-0.3, -0.25) is 76.7 Å². The van der Waals surface area contributed by atoms with Crippen molar-refractivity contribution in [2.75, 3.05) is 65.4 Å². The van der Waals surface area contributed by atoms with Crippen LogP contribution < -0.4 is 59.3 Å². The van der Waals surface area contributed by atoms with Crippen LogP contribution in [0, 0.1) is 24.6 Å². The van der Waals surface area contributed by atoms with E-state index < -0.39 is 204 Å². The summed E-state index contributed by atoms with van der Waals surface area (Å²) in [7, 11) is 4.08. The second-order valence-corrected chi connectivity index (χ2v) is 35.1. The van der Waals surface area contributed by atoms with Crippen molar-refractivity contribution in [3.05, 3.63) is 173 Å². The summed E-state index contributed by atoms with van der Waals surface area (Å²) in [5, 5.41) is 35.5. The van der Waals surface area contributed by atoms with Crippen LogP contribution in [-0.4, -0.2) is 274 Å². The van der Waals surface area contributed by atoms with E-state index >= 15 is 47.9 Å². The highest BCUT2D eigenvalue weighted by atomic mass is 32.2. The first kappa shape index (κ1) is 101. The van der Waals surface area contributed by atoms with E-state index in [0.29, 0.717) is 51.6 Å². The van der Waals surface area contributed by atoms with Gasteiger partial charge in [0.05, 0.1) is 12.3 Å². The van der Waals surface area contributed by atoms with Crippen LogP contribution in [0.5, 0.6) is 5.75 Å². The molecule has 0 spiro atoms. The molecule has 4 heterocycles. The number of H-pyrrole nitrogens is 1. The van der Waals surface area contributed by atoms with Gasteiger partial charge >= 0.3 is 0 Å². The first-order valence-corrected chi connectivity index (χ1v) is 45.1. The van der Waals surface area contributed by atoms with Crippen molar-refractivity contribution in [3.63, 3.8) is 0 Å². The molecule has 0 saturated carbocycles. The number of phenols is 1. The Morgan fingerprint density at radius 2 is 1.08 bits per heavy atom. The number of halogens is 1. The lowest BCUT2D eigenvalue weighted by Gasteiger charge is -2.38. The smallest absolute Gasteiger partial charge is 0.293 e. The number of nitrogens with zero attached hydrogens (tertiary/aromatic N) is 5. The quantitative estimate of drug-likeness (QED) is 0.0385. The lowest BCUT2D eigenvalue weighted by atomic mass is 9.98. The van der Waals surface area contributed by atoms with Gasteiger partial charge in [-0.05, 0) is 128 Å². The Balaban J connectivity index is 1.12. The zero-order chi connectivity index (χ0) is 94.6. The maximum absolute atomic E-state index is 15.7. The number of primary amides is 1. The Hall–Kier alpha value is -12.8. The third kappa shape index (κ3) is 28.1. The molecule has 3 fully saturated rings. The van der Waals surface area contributed by atoms with E-state index in [-0.39, 0.29) is 115 Å². The lowest BCUT2D eigenvalue weighted by Crippen LogP contribution is -2.62. The summed E-state index contributed by atoms with van der Waals surface area (Å²) in [5.41, 5.74) is 15.7. The van der Waals surface area contributed by atoms with Crippen LogP contribution in [0.25, 0.3) is 10.9 Å². The number of para-hydroxylation sites is 1. The molecule has 1 aromatic heterocycles. The number of carbonyl (C=O) groups excluding carboxylic acids is 16. The van der Waals surface area contributed by atoms with Gasteiger partial charge < -0.3 is 98.6 Å². The molecule has 3 aliphatic rings. The van der Waals surface area contributed by atoms with E-state index in [4.69, 9.17) is 16.2 Å². The summed E-state index contributed by atoms with van der Waals surface area (Å²) >= 11 is 0.803. The van der Waals surface area contributed by atoms with Crippen LogP contribution in [0.15, 0.2) is 134 Å². The van der Waals surface area contributed by atoms with Crippen molar-refractivity contribution in [1.82, 2.24) is 77.3 Å². The molecule has 37 heteroatoms. The molecule has 6 aromatic rings. The van der Waals surface area contributed by atoms with Gasteiger partial charge in [0.2, 0.25) is 88.6 Å². The number of hydrogen-bond donors (Lipinski definition) is 13. The molecule has 5 aromatic carbocycles. The van der Waals surface area contributed by atoms with Gasteiger partial charge in [-0.1, -0.05) is 150 Å². The molecule has 0 unspecified atom stereocenters. The highest BCUT2D eigenvalue weighted by Crippen LogP contribution is 2.28. The summed E-state index contributed by atoms with van der Waals surface area (Å²) in [6.45, 7) is 8.84. The third-order valence-corrected chi connectivity index (χ3v) is 24.6. The number of likely N-dealkylation sites (N-methyl/N-ethyl adjacent to an activating group) is 3. The highest BCUT2D eigenvalue weighted by Gasteiger charge is 2.46. The van der Waals surface area contributed by atoms with E-state index in [1.54, 1.807) is 113 Å². The maximum Gasteiger partial charge on any atom is 0.293 e. The summed E-state index contributed by atoms with van der Waals surface area (Å²) in [6, 6.07) is 14.6. The van der Waals surface area contributed by atoms with Crippen LogP contribution in [0.3, 0.4) is 0 Å². The fourth-order valence-electron chi connectivity index (χ4n) is 16.3. The zero-order valence-electron chi connectivity index (χ0n) is 74.9. The van der Waals surface area contributed by atoms with E-state index in [1.807, 2.05) is 13.8 Å². The summed E-state index contributed by atoms with van der Waals surface area (Å²) in [5.74, 6) is -15.6. The lowest BCUT2D eigenvalue weighted by molar-refractivity contribution is -0.152. The first-order chi connectivity index (χ1) is 62.1. The van der Waals surface area contributed by atoms with E-state index in [0.717, 1.165) is 39.3 Å². The summed E-state index contributed by atoms with van der Waals surface area (Å²) < 4.78 is 19.7. The van der Waals surface area contributed by atoms with Crippen molar-refractivity contribution in [3.8, 4) is 5.75 Å². The second kappa shape index (κ2) is 48.6. The molecule has 130 heavy (non-hydrogen) atoms. The number of benzene rings is 5. The normalized spacial score (nSPS) is 23.8. The monoisotopic (exact) mass is 1820 g/mol. The molecule has 0 aliphatic carbocycles. The number of thioether (sulfide) groups is 1. The number of aromatic amines is 1. The number of amides is 15. The van der Waals surface area contributed by atoms with Gasteiger partial charge in [0.15, 0.2) is 0 Å². The average Bonchev–Trinajstić information content (AvgIpc) is 1.52. The number of unbranched alkanes of at least 4 members (excludes halogenated alkanes) is 1. The largest absolute Gasteiger partial charge is 0.508 e. The summed E-state index contributed by atoms with van der Waals surface area (Å²) in [4.78, 5) is 246. The van der Waals surface area contributed by atoms with Crippen molar-refractivity contribution >= 4 is 118 Å². The summed E-state index contributed by atoms with van der Waals surface area (Å²) in [6.07, 6.45) is 1.91. The molecule has 700 valence electrons. The standard InChI is InChI=1S/C93H122FN17O18S/c1-10-11-23-75-92(127)111-41-18-25-74(111)87(122)104-71(50-129-53-112)85(120)106-80(55(4)5)93(128)108(8)76(45-60-28-26-56(6)27-29-60)88(123)100-66(38-39-95)90(125)110-40-17-24-73(110)86(121)103-69(47-61-48-97-65-22-16-15-21-64(61)65)84(119)102-68(43-59-32-36-63(113)37-33-59)83(118)101-67(42-54(2)3)82(117)105-72(81(116)98-49-78(96)114)51-130-52-79(115)99-70(44-58-30-34-62(94)35-31-58)89(124)109(9)77(91(126)107(75)7)46-57-19-13-12-14-20-57/h12-16,19-22,26-37,48,53-55,66-77,80,97,113H,10-11,17-18,23-25,38-47,49-52,95H2,1-9H3,(H2,96,114)(H,98,116)(H,99,115)(H,100,123)(H,101,118)(H,102,119)(H,103,121)(H,104,122)(H,105,117)(H,106,120)/t66-,67-,68-,69-,70-,71-,72-,73+,74+,75-,76-,77-,80-/m0/s1. The Morgan fingerprint density at radius 1 is 0.554 bits per heavy atom. The van der Waals surface area contributed by atoms with Crippen molar-refractivity contribution < 1.29 is 90.9 Å². The number of aromatic hydroxyl groups is 1. The van der Waals surface area contributed by atoms with Crippen LogP contribution in [-0.2, 0) is 114 Å². The molecule has 15 amide bonds. The topological polar surface area (TPSA) is 495 Å². The molecule has 15 N–H and O–H groups in total. The number of nitrogens with two attached hydrogens (primary N) is 2. The van der Waals surface area contributed by atoms with Crippen LogP contribution in [0.2, 0.25) is 0 Å². The number of fused-ring (bicyclic) bond motifs is 3. The van der Waals surface area contributed by atoms with Crippen LogP contribution in [0.4, 0.5) is 4.39 Å². The number of nitrogens with one attached hydrogen (secondary N) is 10. The van der Waals surface area contributed by atoms with Gasteiger partial charge in [-0.25, -0.2) is 4.39 Å². The SMILES string of the molecule is CCCC[C@H]1C(=O)N2CCC[C@@H]2C(=O)N[C@@H](COC=O)C(=O)N[C@@H](C(C)C)C(=O)N(C)[C@@H](Cc2ccc(C)cc2)C(=O)N[C@@H](CCN)C(=O)N2CCC[C@@H]2C(=O)N[C@@H](Cc2c[nH]c3ccccc23)C(=O)N[C@@H](Cc2ccc(O)cc2)C(=O)N[C@@H](CC(C)C)C(=O)N[C@H](C(=O)NCC(N)=O)CSCC(=O)N[C@@H](Cc2ccc(F)cc2)C(=O)N(C)[C@@H](Cc2ccccc2)C(=O)N1C. The minimum absolute atomic E-state index is 0.000764. The zero-order valence-corrected chi connectivity index (χ0v) is 75.7. The van der Waals surface area contributed by atoms with Gasteiger partial charge in [0.25, 0.3) is 6.47 Å². The van der Waals surface area contributed by atoms with Gasteiger partial charge in [-0.2, -0.15) is 0 Å². The fourth-order valence-corrected chi connectivity index (χ4v) is 17.2. The number of phenolic OH excluding ortho intramolecular Hbond substituents is 1. The number of ether oxygens (including phenoxy) is 1. The molecule has 0 bridgehead atoms. The minimum atomic E-state index is -1.72. The Labute approximate surface area is 759 Å². The Morgan fingerprint density at radius 3 is 1.69 bits per heavy atom. The second-order valence-electron chi connectivity index (χ2n) is 34.1. The average molecular weight is 1820 g/mol. The molecular formula is C93H122FN17O18S. The van der Waals surface area contributed by atoms with Crippen molar-refractivity contribution in [1.29, 1.82) is 0 Å². The first-order valence-electron chi connectivity index (χ1n) is 44.0. The number of aryl methyl sites for hydroxylation is 1. The number of aromatic nitrogens is 1.